The minimum Gasteiger partial charge on any atom is -0.313 e. The maximum atomic E-state index is 6.77. The fourth-order valence-corrected chi connectivity index (χ4v) is 0.713. The molecule has 2 heteroatoms. The summed E-state index contributed by atoms with van der Waals surface area (Å²) in [5, 5.41) is 6.77. The van der Waals surface area contributed by atoms with Gasteiger partial charge in [-0.05, 0) is 10.7 Å². The van der Waals surface area contributed by atoms with Gasteiger partial charge in [-0.25, -0.2) is 0 Å². The largest absolute Gasteiger partial charge is 0.313 e. The first-order chi connectivity index (χ1) is 5.68. The number of allylic oxidation sites excluding steroid dienone is 5. The molecule has 0 aliphatic carbocycles. The molecule has 1 nitrogen and oxygen atoms in total. The predicted octanol–water partition coefficient (Wildman–Crippen LogP) is 3.68. The molecule has 0 saturated carbocycles. The van der Waals surface area contributed by atoms with Crippen molar-refractivity contribution in [3.05, 3.63) is 35.4 Å². The summed E-state index contributed by atoms with van der Waals surface area (Å²) in [5.74, 6) is 0.356. The van der Waals surface area contributed by atoms with Crippen LogP contribution in [0.25, 0.3) is 0 Å². The molecule has 0 aromatic rings. The molecule has 0 saturated heterocycles. The number of hydrogen-bond acceptors (Lipinski definition) is 1. The van der Waals surface area contributed by atoms with Crippen molar-refractivity contribution in [2.75, 3.05) is 0 Å². The van der Waals surface area contributed by atoms with Gasteiger partial charge in [0, 0.05) is 12.3 Å². The maximum Gasteiger partial charge on any atom is 0.00529 e. The van der Waals surface area contributed by atoms with Crippen LogP contribution in [0.15, 0.2) is 35.4 Å². The summed E-state index contributed by atoms with van der Waals surface area (Å²) < 4.78 is 0.985. The van der Waals surface area contributed by atoms with Crippen LogP contribution >= 0.6 is 15.9 Å². The zero-order valence-corrected chi connectivity index (χ0v) is 8.84. The Bertz CT molecular complexity index is 204. The van der Waals surface area contributed by atoms with Crippen molar-refractivity contribution in [1.29, 1.82) is 5.41 Å². The van der Waals surface area contributed by atoms with Gasteiger partial charge in [0.1, 0.15) is 0 Å². The molecule has 0 aliphatic rings. The number of hydrogen-bond donors (Lipinski definition) is 1. The van der Waals surface area contributed by atoms with Crippen LogP contribution in [0, 0.1) is 11.3 Å². The summed E-state index contributed by atoms with van der Waals surface area (Å²) in [6, 6.07) is 0. The van der Waals surface area contributed by atoms with Crippen LogP contribution in [0.3, 0.4) is 0 Å². The van der Waals surface area contributed by atoms with Gasteiger partial charge in [-0.3, -0.25) is 0 Å². The highest BCUT2D eigenvalue weighted by Gasteiger charge is 1.95. The summed E-state index contributed by atoms with van der Waals surface area (Å²) in [7, 11) is 0. The van der Waals surface area contributed by atoms with Crippen molar-refractivity contribution in [3.63, 3.8) is 0 Å². The minimum atomic E-state index is 0.356. The van der Waals surface area contributed by atoms with Crippen LogP contribution < -0.4 is 0 Å². The van der Waals surface area contributed by atoms with E-state index >= 15 is 0 Å². The smallest absolute Gasteiger partial charge is 0.00529 e. The van der Waals surface area contributed by atoms with Gasteiger partial charge in [0.2, 0.25) is 0 Å². The molecule has 1 N–H and O–H groups in total. The quantitative estimate of drug-likeness (QED) is 0.548. The zero-order chi connectivity index (χ0) is 9.40. The summed E-state index contributed by atoms with van der Waals surface area (Å²) in [4.78, 5) is 0. The molecule has 0 fully saturated rings. The van der Waals surface area contributed by atoms with Gasteiger partial charge in [-0.2, -0.15) is 0 Å². The second-order valence-electron chi connectivity index (χ2n) is 2.49. The van der Waals surface area contributed by atoms with Crippen LogP contribution in [0.4, 0.5) is 0 Å². The van der Waals surface area contributed by atoms with Crippen LogP contribution in [0.1, 0.15) is 13.3 Å². The monoisotopic (exact) mass is 227 g/mol. The van der Waals surface area contributed by atoms with Gasteiger partial charge in [-0.15, -0.1) is 0 Å². The van der Waals surface area contributed by atoms with E-state index < -0.39 is 0 Å². The minimum absolute atomic E-state index is 0.356. The van der Waals surface area contributed by atoms with Crippen LogP contribution in [0.5, 0.6) is 0 Å². The summed E-state index contributed by atoms with van der Waals surface area (Å²) in [5.41, 5.74) is 0. The van der Waals surface area contributed by atoms with E-state index in [1.54, 1.807) is 0 Å². The lowest BCUT2D eigenvalue weighted by molar-refractivity contribution is 0.931. The Kier molecular flexibility index (Phi) is 6.67. The Morgan fingerprint density at radius 2 is 2.25 bits per heavy atom. The molecule has 0 aromatic carbocycles. The van der Waals surface area contributed by atoms with Crippen molar-refractivity contribution in [1.82, 2.24) is 0 Å². The molecule has 0 heterocycles. The SMILES string of the molecule is C=C(Br)C(C)/C=C\C=C/CC=N. The second kappa shape index (κ2) is 7.04. The number of halogens is 1. The molecule has 12 heavy (non-hydrogen) atoms. The van der Waals surface area contributed by atoms with Crippen molar-refractivity contribution in [3.8, 4) is 0 Å². The highest BCUT2D eigenvalue weighted by atomic mass is 79.9. The van der Waals surface area contributed by atoms with Crippen molar-refractivity contribution in [2.45, 2.75) is 13.3 Å². The third-order valence-corrected chi connectivity index (χ3v) is 2.12. The lowest BCUT2D eigenvalue weighted by Crippen LogP contribution is -1.84. The molecule has 0 spiro atoms. The molecule has 0 aliphatic heterocycles. The number of nitrogens with one attached hydrogen (secondary N) is 1. The van der Waals surface area contributed by atoms with Gasteiger partial charge in [0.05, 0.1) is 0 Å². The first-order valence-electron chi connectivity index (χ1n) is 3.85. The Hall–Kier alpha value is -0.630. The van der Waals surface area contributed by atoms with E-state index in [1.165, 1.54) is 6.21 Å². The predicted molar refractivity (Wildman–Crippen MR) is 58.9 cm³/mol. The fraction of sp³-hybridized carbons (Fsp3) is 0.300. The van der Waals surface area contributed by atoms with Crippen molar-refractivity contribution >= 4 is 22.1 Å². The first kappa shape index (κ1) is 11.4. The molecule has 66 valence electrons. The van der Waals surface area contributed by atoms with Crippen molar-refractivity contribution < 1.29 is 0 Å². The fourth-order valence-electron chi connectivity index (χ4n) is 0.560. The molecule has 0 aromatic heterocycles. The third kappa shape index (κ3) is 6.10. The van der Waals surface area contributed by atoms with E-state index in [1.807, 2.05) is 18.2 Å². The number of rotatable bonds is 5. The van der Waals surface area contributed by atoms with E-state index in [0.29, 0.717) is 12.3 Å². The standard InChI is InChI=1S/C10H14BrN/c1-9(10(2)11)7-5-3-4-6-8-12/h3-5,7-9,12H,2,6H2,1H3/b4-3-,7-5-,12-8?. The van der Waals surface area contributed by atoms with Gasteiger partial charge in [-0.1, -0.05) is 53.7 Å². The van der Waals surface area contributed by atoms with Crippen molar-refractivity contribution in [2.24, 2.45) is 5.92 Å². The molecular weight excluding hydrogens is 214 g/mol. The van der Waals surface area contributed by atoms with E-state index in [0.717, 1.165) is 4.48 Å². The normalized spacial score (nSPS) is 13.8. The van der Waals surface area contributed by atoms with Gasteiger partial charge in [0.25, 0.3) is 0 Å². The van der Waals surface area contributed by atoms with Gasteiger partial charge in [0.15, 0.2) is 0 Å². The Balaban J connectivity index is 3.75. The lowest BCUT2D eigenvalue weighted by atomic mass is 10.1. The van der Waals surface area contributed by atoms with E-state index in [4.69, 9.17) is 5.41 Å². The first-order valence-corrected chi connectivity index (χ1v) is 4.64. The van der Waals surface area contributed by atoms with Gasteiger partial charge >= 0.3 is 0 Å². The van der Waals surface area contributed by atoms with E-state index in [9.17, 15) is 0 Å². The van der Waals surface area contributed by atoms with E-state index in [-0.39, 0.29) is 0 Å². The highest BCUT2D eigenvalue weighted by Crippen LogP contribution is 2.15. The molecule has 0 amide bonds. The summed E-state index contributed by atoms with van der Waals surface area (Å²) >= 11 is 3.32. The molecule has 0 bridgehead atoms. The lowest BCUT2D eigenvalue weighted by Gasteiger charge is -1.99. The summed E-state index contributed by atoms with van der Waals surface area (Å²) in [6.45, 7) is 5.84. The zero-order valence-electron chi connectivity index (χ0n) is 7.26. The topological polar surface area (TPSA) is 23.9 Å². The van der Waals surface area contributed by atoms with Crippen LogP contribution in [-0.2, 0) is 0 Å². The average molecular weight is 228 g/mol. The molecule has 0 rings (SSSR count). The average Bonchev–Trinajstić information content (AvgIpc) is 2.03. The second-order valence-corrected chi connectivity index (χ2v) is 3.51. The molecular formula is C10H14BrN. The molecule has 0 radical (unpaired) electrons. The Morgan fingerprint density at radius 3 is 2.75 bits per heavy atom. The molecule has 1 atom stereocenters. The third-order valence-electron chi connectivity index (χ3n) is 1.39. The Morgan fingerprint density at radius 1 is 1.58 bits per heavy atom. The summed E-state index contributed by atoms with van der Waals surface area (Å²) in [6.07, 6.45) is 9.98. The Labute approximate surface area is 82.5 Å². The molecule has 1 unspecified atom stereocenters. The highest BCUT2D eigenvalue weighted by molar-refractivity contribution is 9.11. The van der Waals surface area contributed by atoms with Crippen LogP contribution in [0.2, 0.25) is 0 Å². The van der Waals surface area contributed by atoms with Crippen LogP contribution in [-0.4, -0.2) is 6.21 Å². The maximum absolute atomic E-state index is 6.77. The van der Waals surface area contributed by atoms with E-state index in [2.05, 4.69) is 35.5 Å². The van der Waals surface area contributed by atoms with Gasteiger partial charge < -0.3 is 5.41 Å².